The second-order valence-electron chi connectivity index (χ2n) is 4.38. The van der Waals surface area contributed by atoms with Gasteiger partial charge in [0.2, 0.25) is 0 Å². The first-order chi connectivity index (χ1) is 7.29. The van der Waals surface area contributed by atoms with Crippen molar-refractivity contribution in [3.05, 3.63) is 22.4 Å². The average molecular weight is 287 g/mol. The number of halogens is 1. The third-order valence-corrected chi connectivity index (χ3v) is 2.70. The second-order valence-corrected chi connectivity index (χ2v) is 5.18. The summed E-state index contributed by atoms with van der Waals surface area (Å²) in [5.74, 6) is 0. The Balaban J connectivity index is 2.74. The third-order valence-electron chi connectivity index (χ3n) is 1.70. The lowest BCUT2D eigenvalue weighted by molar-refractivity contribution is 0.0636. The van der Waals surface area contributed by atoms with Crippen molar-refractivity contribution in [1.82, 2.24) is 4.98 Å². The lowest BCUT2D eigenvalue weighted by atomic mass is 10.2. The lowest BCUT2D eigenvalue weighted by Crippen LogP contribution is -2.27. The number of aromatic nitrogens is 1. The molecular weight excluding hydrogens is 272 g/mol. The van der Waals surface area contributed by atoms with Gasteiger partial charge in [-0.2, -0.15) is 0 Å². The summed E-state index contributed by atoms with van der Waals surface area (Å²) in [7, 11) is 0. The van der Waals surface area contributed by atoms with Crippen LogP contribution >= 0.6 is 15.9 Å². The van der Waals surface area contributed by atoms with E-state index in [1.165, 1.54) is 0 Å². The molecule has 1 rings (SSSR count). The summed E-state index contributed by atoms with van der Waals surface area (Å²) in [6.45, 7) is 7.31. The van der Waals surface area contributed by atoms with Crippen LogP contribution in [0.25, 0.3) is 0 Å². The molecule has 0 spiro atoms. The highest BCUT2D eigenvalue weighted by molar-refractivity contribution is 9.10. The third kappa shape index (κ3) is 3.81. The van der Waals surface area contributed by atoms with E-state index in [4.69, 9.17) is 4.74 Å². The van der Waals surface area contributed by atoms with Gasteiger partial charge >= 0.3 is 6.09 Å². The molecule has 0 aliphatic rings. The van der Waals surface area contributed by atoms with Crippen molar-refractivity contribution in [2.75, 3.05) is 5.32 Å². The van der Waals surface area contributed by atoms with Crippen molar-refractivity contribution >= 4 is 27.7 Å². The maximum absolute atomic E-state index is 11.5. The molecule has 1 amide bonds. The highest BCUT2D eigenvalue weighted by atomic mass is 79.9. The molecule has 88 valence electrons. The SMILES string of the molecule is Cc1nccc(NC(=O)OC(C)(C)C)c1Br. The Morgan fingerprint density at radius 3 is 2.69 bits per heavy atom. The van der Waals surface area contributed by atoms with E-state index in [2.05, 4.69) is 26.2 Å². The first-order valence-corrected chi connectivity index (χ1v) is 5.70. The van der Waals surface area contributed by atoms with Crippen molar-refractivity contribution in [2.45, 2.75) is 33.3 Å². The molecule has 1 N–H and O–H groups in total. The Bertz CT molecular complexity index is 399. The largest absolute Gasteiger partial charge is 0.444 e. The number of rotatable bonds is 1. The van der Waals surface area contributed by atoms with Crippen LogP contribution in [0.5, 0.6) is 0 Å². The molecule has 0 aromatic carbocycles. The van der Waals surface area contributed by atoms with Crippen LogP contribution in [0.15, 0.2) is 16.7 Å². The Hall–Kier alpha value is -1.10. The number of nitrogens with one attached hydrogen (secondary N) is 1. The van der Waals surface area contributed by atoms with Gasteiger partial charge in [-0.25, -0.2) is 4.79 Å². The Labute approximate surface area is 104 Å². The highest BCUT2D eigenvalue weighted by Crippen LogP contribution is 2.24. The molecule has 0 aliphatic carbocycles. The summed E-state index contributed by atoms with van der Waals surface area (Å²) in [5, 5.41) is 2.66. The van der Waals surface area contributed by atoms with Gasteiger partial charge in [-0.05, 0) is 49.7 Å². The van der Waals surface area contributed by atoms with Crippen molar-refractivity contribution in [3.63, 3.8) is 0 Å². The van der Waals surface area contributed by atoms with Crippen molar-refractivity contribution in [1.29, 1.82) is 0 Å². The molecular formula is C11H15BrN2O2. The molecule has 1 aromatic heterocycles. The van der Waals surface area contributed by atoms with Crippen LogP contribution in [0, 0.1) is 6.92 Å². The van der Waals surface area contributed by atoms with Crippen LogP contribution in [-0.2, 0) is 4.74 Å². The van der Waals surface area contributed by atoms with E-state index in [0.29, 0.717) is 5.69 Å². The van der Waals surface area contributed by atoms with Gasteiger partial charge in [0.25, 0.3) is 0 Å². The lowest BCUT2D eigenvalue weighted by Gasteiger charge is -2.20. The van der Waals surface area contributed by atoms with E-state index in [1.807, 2.05) is 27.7 Å². The molecule has 0 bridgehead atoms. The molecule has 0 aliphatic heterocycles. The van der Waals surface area contributed by atoms with Gasteiger partial charge in [-0.15, -0.1) is 0 Å². The zero-order valence-electron chi connectivity index (χ0n) is 9.80. The predicted molar refractivity (Wildman–Crippen MR) is 66.5 cm³/mol. The van der Waals surface area contributed by atoms with Gasteiger partial charge in [0.1, 0.15) is 5.60 Å². The van der Waals surface area contributed by atoms with Crippen molar-refractivity contribution in [2.24, 2.45) is 0 Å². The van der Waals surface area contributed by atoms with E-state index < -0.39 is 11.7 Å². The molecule has 1 heterocycles. The maximum atomic E-state index is 11.5. The summed E-state index contributed by atoms with van der Waals surface area (Å²) < 4.78 is 5.91. The predicted octanol–water partition coefficient (Wildman–Crippen LogP) is 3.50. The molecule has 5 heteroatoms. The minimum Gasteiger partial charge on any atom is -0.444 e. The number of nitrogens with zero attached hydrogens (tertiary/aromatic N) is 1. The Morgan fingerprint density at radius 1 is 1.50 bits per heavy atom. The zero-order chi connectivity index (χ0) is 12.3. The van der Waals surface area contributed by atoms with Crippen LogP contribution in [0.4, 0.5) is 10.5 Å². The normalized spacial score (nSPS) is 11.1. The average Bonchev–Trinajstić information content (AvgIpc) is 2.09. The topological polar surface area (TPSA) is 51.2 Å². The van der Waals surface area contributed by atoms with Crippen LogP contribution in [-0.4, -0.2) is 16.7 Å². The number of pyridine rings is 1. The standard InChI is InChI=1S/C11H15BrN2O2/c1-7-9(12)8(5-6-13-7)14-10(15)16-11(2,3)4/h5-6H,1-4H3,(H,13,14,15). The molecule has 4 nitrogen and oxygen atoms in total. The van der Waals surface area contributed by atoms with Crippen LogP contribution in [0.2, 0.25) is 0 Å². The first kappa shape index (κ1) is 13.0. The molecule has 0 saturated carbocycles. The van der Waals surface area contributed by atoms with Crippen LogP contribution in [0.1, 0.15) is 26.5 Å². The van der Waals surface area contributed by atoms with Crippen molar-refractivity contribution < 1.29 is 9.53 Å². The fraction of sp³-hybridized carbons (Fsp3) is 0.455. The minimum absolute atomic E-state index is 0.473. The van der Waals surface area contributed by atoms with Gasteiger partial charge in [0.05, 0.1) is 15.9 Å². The summed E-state index contributed by atoms with van der Waals surface area (Å²) in [6, 6.07) is 1.71. The fourth-order valence-electron chi connectivity index (χ4n) is 1.06. The molecule has 16 heavy (non-hydrogen) atoms. The zero-order valence-corrected chi connectivity index (χ0v) is 11.4. The number of anilines is 1. The van der Waals surface area contributed by atoms with Crippen molar-refractivity contribution in [3.8, 4) is 0 Å². The van der Waals surface area contributed by atoms with Crippen LogP contribution in [0.3, 0.4) is 0 Å². The quantitative estimate of drug-likeness (QED) is 0.860. The number of hydrogen-bond acceptors (Lipinski definition) is 3. The number of hydrogen-bond donors (Lipinski definition) is 1. The van der Waals surface area contributed by atoms with E-state index in [9.17, 15) is 4.79 Å². The number of carbonyl (C=O) groups excluding carboxylic acids is 1. The summed E-state index contributed by atoms with van der Waals surface area (Å²) in [5.41, 5.74) is 0.967. The smallest absolute Gasteiger partial charge is 0.412 e. The van der Waals surface area contributed by atoms with E-state index >= 15 is 0 Å². The maximum Gasteiger partial charge on any atom is 0.412 e. The summed E-state index contributed by atoms with van der Waals surface area (Å²) >= 11 is 3.36. The number of ether oxygens (including phenoxy) is 1. The van der Waals surface area contributed by atoms with Gasteiger partial charge in [-0.3, -0.25) is 10.3 Å². The molecule has 1 aromatic rings. The number of amides is 1. The second kappa shape index (κ2) is 4.82. The van der Waals surface area contributed by atoms with E-state index in [-0.39, 0.29) is 0 Å². The van der Waals surface area contributed by atoms with Gasteiger partial charge < -0.3 is 4.74 Å². The fourth-order valence-corrected chi connectivity index (χ4v) is 1.39. The van der Waals surface area contributed by atoms with Gasteiger partial charge in [0, 0.05) is 6.20 Å². The minimum atomic E-state index is -0.501. The summed E-state index contributed by atoms with van der Waals surface area (Å²) in [4.78, 5) is 15.6. The molecule has 0 atom stereocenters. The van der Waals surface area contributed by atoms with Crippen LogP contribution < -0.4 is 5.32 Å². The monoisotopic (exact) mass is 286 g/mol. The number of aryl methyl sites for hydroxylation is 1. The van der Waals surface area contributed by atoms with Gasteiger partial charge in [-0.1, -0.05) is 0 Å². The Kier molecular flexibility index (Phi) is 3.91. The Morgan fingerprint density at radius 2 is 2.12 bits per heavy atom. The number of carbonyl (C=O) groups is 1. The van der Waals surface area contributed by atoms with Gasteiger partial charge in [0.15, 0.2) is 0 Å². The van der Waals surface area contributed by atoms with E-state index in [0.717, 1.165) is 10.2 Å². The first-order valence-electron chi connectivity index (χ1n) is 4.91. The molecule has 0 saturated heterocycles. The molecule has 0 radical (unpaired) electrons. The molecule has 0 unspecified atom stereocenters. The van der Waals surface area contributed by atoms with E-state index in [1.54, 1.807) is 12.3 Å². The highest BCUT2D eigenvalue weighted by Gasteiger charge is 2.17. The summed E-state index contributed by atoms with van der Waals surface area (Å²) in [6.07, 6.45) is 1.16. The molecule has 0 fully saturated rings.